The van der Waals surface area contributed by atoms with Gasteiger partial charge in [0, 0.05) is 0 Å². The molecule has 0 spiro atoms. The fourth-order valence-corrected chi connectivity index (χ4v) is 1.66. The minimum Gasteiger partial charge on any atom is -0.298 e. The Bertz CT molecular complexity index is 518. The van der Waals surface area contributed by atoms with E-state index in [1.807, 2.05) is 37.3 Å². The summed E-state index contributed by atoms with van der Waals surface area (Å²) in [6.07, 6.45) is 2.79. The Balaban J connectivity index is 2.66. The van der Waals surface area contributed by atoms with Gasteiger partial charge in [-0.05, 0) is 34.9 Å². The molecule has 0 aliphatic carbocycles. The van der Waals surface area contributed by atoms with Crippen molar-refractivity contribution >= 4 is 23.1 Å². The summed E-state index contributed by atoms with van der Waals surface area (Å²) in [4.78, 5) is 10.6. The molecule has 0 aliphatic heterocycles. The number of rotatable bonds is 2. The number of carbonyl (C=O) groups is 1. The summed E-state index contributed by atoms with van der Waals surface area (Å²) >= 11 is 0. The fourth-order valence-electron chi connectivity index (χ4n) is 1.66. The van der Waals surface area contributed by atoms with Crippen molar-refractivity contribution in [2.45, 2.75) is 6.92 Å². The van der Waals surface area contributed by atoms with Crippen LogP contribution in [-0.2, 0) is 4.79 Å². The summed E-state index contributed by atoms with van der Waals surface area (Å²) in [5.41, 5.74) is 1.84. The van der Waals surface area contributed by atoms with Crippen LogP contribution in [0.5, 0.6) is 0 Å². The van der Waals surface area contributed by atoms with Gasteiger partial charge in [0.2, 0.25) is 0 Å². The lowest BCUT2D eigenvalue weighted by Gasteiger charge is -2.01. The van der Waals surface area contributed by atoms with Crippen molar-refractivity contribution in [1.82, 2.24) is 0 Å². The van der Waals surface area contributed by atoms with Gasteiger partial charge in [-0.15, -0.1) is 0 Å². The second-order valence-corrected chi connectivity index (χ2v) is 3.57. The van der Waals surface area contributed by atoms with E-state index in [0.717, 1.165) is 17.4 Å². The van der Waals surface area contributed by atoms with Crippen molar-refractivity contribution in [3.63, 3.8) is 0 Å². The molecule has 0 N–H and O–H groups in total. The molecule has 0 atom stereocenters. The normalized spacial score (nSPS) is 11.7. The minimum absolute atomic E-state index is 0.742. The molecule has 0 saturated carbocycles. The molecule has 0 aliphatic rings. The van der Waals surface area contributed by atoms with E-state index in [1.54, 1.807) is 0 Å². The molecule has 2 aromatic carbocycles. The molecular formula is C14H12O. The highest BCUT2D eigenvalue weighted by Crippen LogP contribution is 2.20. The lowest BCUT2D eigenvalue weighted by Crippen LogP contribution is -1.80. The van der Waals surface area contributed by atoms with Crippen molar-refractivity contribution in [2.75, 3.05) is 0 Å². The number of hydrogen-bond donors (Lipinski definition) is 0. The van der Waals surface area contributed by atoms with Crippen LogP contribution in [-0.4, -0.2) is 6.29 Å². The highest BCUT2D eigenvalue weighted by atomic mass is 16.1. The van der Waals surface area contributed by atoms with Gasteiger partial charge in [0.25, 0.3) is 0 Å². The van der Waals surface area contributed by atoms with Crippen LogP contribution >= 0.6 is 0 Å². The van der Waals surface area contributed by atoms with Crippen LogP contribution < -0.4 is 0 Å². The predicted octanol–water partition coefficient (Wildman–Crippen LogP) is 3.44. The van der Waals surface area contributed by atoms with Crippen LogP contribution in [0.25, 0.3) is 16.8 Å². The summed E-state index contributed by atoms with van der Waals surface area (Å²) in [6, 6.07) is 14.3. The summed E-state index contributed by atoms with van der Waals surface area (Å²) in [5.74, 6) is 0. The Morgan fingerprint density at radius 2 is 1.80 bits per heavy atom. The molecule has 2 aromatic rings. The molecule has 1 heteroatoms. The molecule has 0 radical (unpaired) electrons. The number of aldehydes is 1. The number of allylic oxidation sites excluding steroid dienone is 1. The molecule has 0 bridgehead atoms. The van der Waals surface area contributed by atoms with Gasteiger partial charge in [-0.3, -0.25) is 4.79 Å². The van der Waals surface area contributed by atoms with Crippen LogP contribution in [0.2, 0.25) is 0 Å². The van der Waals surface area contributed by atoms with E-state index >= 15 is 0 Å². The highest BCUT2D eigenvalue weighted by Gasteiger charge is 1.97. The van der Waals surface area contributed by atoms with E-state index in [2.05, 4.69) is 18.2 Å². The third kappa shape index (κ3) is 1.96. The highest BCUT2D eigenvalue weighted by molar-refractivity contribution is 5.93. The smallest absolute Gasteiger partial charge is 0.145 e. The standard InChI is InChI=1S/C14H12O/c1-11(10-15)9-13-7-4-6-12-5-2-3-8-14(12)13/h2-10H,1H3/b11-9+. The van der Waals surface area contributed by atoms with E-state index in [-0.39, 0.29) is 0 Å². The van der Waals surface area contributed by atoms with E-state index in [9.17, 15) is 4.79 Å². The van der Waals surface area contributed by atoms with Gasteiger partial charge in [0.1, 0.15) is 6.29 Å². The van der Waals surface area contributed by atoms with Crippen molar-refractivity contribution < 1.29 is 4.79 Å². The zero-order valence-electron chi connectivity index (χ0n) is 8.60. The Morgan fingerprint density at radius 1 is 1.07 bits per heavy atom. The third-order valence-corrected chi connectivity index (χ3v) is 2.39. The van der Waals surface area contributed by atoms with Gasteiger partial charge >= 0.3 is 0 Å². The van der Waals surface area contributed by atoms with Crippen LogP contribution in [0, 0.1) is 0 Å². The molecule has 15 heavy (non-hydrogen) atoms. The Kier molecular flexibility index (Phi) is 2.64. The van der Waals surface area contributed by atoms with Gasteiger partial charge in [0.15, 0.2) is 0 Å². The molecule has 1 nitrogen and oxygen atoms in total. The van der Waals surface area contributed by atoms with Crippen molar-refractivity contribution in [3.8, 4) is 0 Å². The SMILES string of the molecule is C/C(C=O)=C\c1cccc2ccccc12. The first-order chi connectivity index (χ1) is 7.31. The Hall–Kier alpha value is -1.89. The maximum absolute atomic E-state index is 10.6. The average molecular weight is 196 g/mol. The molecule has 0 heterocycles. The number of hydrogen-bond acceptors (Lipinski definition) is 1. The second kappa shape index (κ2) is 4.09. The lowest BCUT2D eigenvalue weighted by molar-refractivity contribution is -0.104. The van der Waals surface area contributed by atoms with Gasteiger partial charge in [0.05, 0.1) is 0 Å². The van der Waals surface area contributed by atoms with Crippen molar-refractivity contribution in [3.05, 3.63) is 53.6 Å². The lowest BCUT2D eigenvalue weighted by atomic mass is 10.0. The first-order valence-corrected chi connectivity index (χ1v) is 4.92. The van der Waals surface area contributed by atoms with E-state index in [0.29, 0.717) is 0 Å². The molecule has 2 rings (SSSR count). The first kappa shape index (κ1) is 9.66. The largest absolute Gasteiger partial charge is 0.298 e. The monoisotopic (exact) mass is 196 g/mol. The van der Waals surface area contributed by atoms with Gasteiger partial charge in [-0.1, -0.05) is 42.5 Å². The molecule has 0 saturated heterocycles. The van der Waals surface area contributed by atoms with Crippen molar-refractivity contribution in [1.29, 1.82) is 0 Å². The molecule has 74 valence electrons. The van der Waals surface area contributed by atoms with Gasteiger partial charge < -0.3 is 0 Å². The number of fused-ring (bicyclic) bond motifs is 1. The molecular weight excluding hydrogens is 184 g/mol. The maximum Gasteiger partial charge on any atom is 0.145 e. The van der Waals surface area contributed by atoms with E-state index in [4.69, 9.17) is 0 Å². The van der Waals surface area contributed by atoms with Crippen LogP contribution in [0.1, 0.15) is 12.5 Å². The van der Waals surface area contributed by atoms with Gasteiger partial charge in [-0.2, -0.15) is 0 Å². The molecule has 0 unspecified atom stereocenters. The molecule has 0 fully saturated rings. The zero-order chi connectivity index (χ0) is 10.7. The average Bonchev–Trinajstić information content (AvgIpc) is 2.29. The quantitative estimate of drug-likeness (QED) is 0.531. The second-order valence-electron chi connectivity index (χ2n) is 3.57. The summed E-state index contributed by atoms with van der Waals surface area (Å²) in [6.45, 7) is 1.81. The minimum atomic E-state index is 0.742. The van der Waals surface area contributed by atoms with Gasteiger partial charge in [-0.25, -0.2) is 0 Å². The zero-order valence-corrected chi connectivity index (χ0v) is 8.60. The third-order valence-electron chi connectivity index (χ3n) is 2.39. The molecule has 0 amide bonds. The maximum atomic E-state index is 10.6. The van der Waals surface area contributed by atoms with Crippen LogP contribution in [0.15, 0.2) is 48.0 Å². The van der Waals surface area contributed by atoms with Crippen LogP contribution in [0.4, 0.5) is 0 Å². The van der Waals surface area contributed by atoms with Crippen molar-refractivity contribution in [2.24, 2.45) is 0 Å². The number of carbonyl (C=O) groups excluding carboxylic acids is 1. The summed E-state index contributed by atoms with van der Waals surface area (Å²) in [7, 11) is 0. The number of benzene rings is 2. The summed E-state index contributed by atoms with van der Waals surface area (Å²) in [5, 5.41) is 2.38. The van der Waals surface area contributed by atoms with Crippen LogP contribution in [0.3, 0.4) is 0 Å². The van der Waals surface area contributed by atoms with E-state index in [1.165, 1.54) is 10.8 Å². The predicted molar refractivity (Wildman–Crippen MR) is 63.7 cm³/mol. The summed E-state index contributed by atoms with van der Waals surface area (Å²) < 4.78 is 0. The Labute approximate surface area is 89.0 Å². The first-order valence-electron chi connectivity index (χ1n) is 4.92. The van der Waals surface area contributed by atoms with E-state index < -0.39 is 0 Å². The Morgan fingerprint density at radius 3 is 2.60 bits per heavy atom. The molecule has 0 aromatic heterocycles. The topological polar surface area (TPSA) is 17.1 Å². The fraction of sp³-hybridized carbons (Fsp3) is 0.0714.